The molecule has 1 heterocycles. The molecule has 0 bridgehead atoms. The first-order chi connectivity index (χ1) is 6.92. The third kappa shape index (κ3) is 2.56. The maximum absolute atomic E-state index is 13.1. The van der Waals surface area contributed by atoms with E-state index in [0.29, 0.717) is 0 Å². The van der Waals surface area contributed by atoms with Gasteiger partial charge in [-0.1, -0.05) is 0 Å². The molecule has 0 aromatic rings. The van der Waals surface area contributed by atoms with E-state index >= 15 is 0 Å². The van der Waals surface area contributed by atoms with Gasteiger partial charge in [0.25, 0.3) is 0 Å². The minimum Gasteiger partial charge on any atom is -0.379 e. The molecule has 1 aliphatic heterocycles. The van der Waals surface area contributed by atoms with Crippen LogP contribution in [0.25, 0.3) is 0 Å². The summed E-state index contributed by atoms with van der Waals surface area (Å²) in [5.74, 6) is 0. The van der Waals surface area contributed by atoms with Gasteiger partial charge in [0.2, 0.25) is 0 Å². The second-order valence-electron chi connectivity index (χ2n) is 2.91. The summed E-state index contributed by atoms with van der Waals surface area (Å²) < 4.78 is 70.9. The topological polar surface area (TPSA) is 21.7 Å². The number of nitrogens with zero attached hydrogens (tertiary/aromatic N) is 1. The van der Waals surface area contributed by atoms with Crippen molar-refractivity contribution in [2.75, 3.05) is 33.2 Å². The van der Waals surface area contributed by atoms with Crippen LogP contribution in [0, 0.1) is 0 Å². The van der Waals surface area contributed by atoms with Gasteiger partial charge in [-0.3, -0.25) is 4.74 Å². The minimum absolute atomic E-state index is 0.0682. The summed E-state index contributed by atoms with van der Waals surface area (Å²) >= 11 is 0. The first kappa shape index (κ1) is 12.6. The Labute approximate surface area is 82.7 Å². The third-order valence-corrected chi connectivity index (χ3v) is 1.99. The van der Waals surface area contributed by atoms with Crippen molar-refractivity contribution in [1.29, 1.82) is 0 Å². The van der Waals surface area contributed by atoms with Gasteiger partial charge < -0.3 is 4.74 Å². The summed E-state index contributed by atoms with van der Waals surface area (Å²) in [7, 11) is 0. The van der Waals surface area contributed by atoms with Gasteiger partial charge in [0.05, 0.1) is 13.2 Å². The zero-order chi connectivity index (χ0) is 11.5. The average Bonchev–Trinajstić information content (AvgIpc) is 2.19. The van der Waals surface area contributed by atoms with Crippen LogP contribution in [-0.2, 0) is 9.47 Å². The summed E-state index contributed by atoms with van der Waals surface area (Å²) in [5.41, 5.74) is 0. The highest BCUT2D eigenvalue weighted by Crippen LogP contribution is 2.38. The van der Waals surface area contributed by atoms with E-state index in [0.717, 1.165) is 0 Å². The summed E-state index contributed by atoms with van der Waals surface area (Å²) in [6.07, 6.45) is -4.83. The zero-order valence-corrected chi connectivity index (χ0v) is 7.69. The Morgan fingerprint density at radius 1 is 1.13 bits per heavy atom. The summed E-state index contributed by atoms with van der Waals surface area (Å²) in [5, 5.41) is 0. The molecule has 90 valence electrons. The minimum atomic E-state index is -4.83. The van der Waals surface area contributed by atoms with Crippen molar-refractivity contribution in [1.82, 2.24) is 4.90 Å². The van der Waals surface area contributed by atoms with Crippen molar-refractivity contribution in [3.8, 4) is 0 Å². The first-order valence-corrected chi connectivity index (χ1v) is 4.20. The van der Waals surface area contributed by atoms with E-state index < -0.39 is 19.0 Å². The maximum Gasteiger partial charge on any atom is 0.437 e. The Bertz CT molecular complexity index is 208. The molecular weight excluding hydrogens is 225 g/mol. The standard InChI is InChI=1S/C7H10F5NO2/c8-5-15-7(11,12)6(9,10)13-1-3-14-4-2-13/h1-5H2. The molecule has 8 heteroatoms. The largest absolute Gasteiger partial charge is 0.437 e. The molecule has 0 saturated carbocycles. The quantitative estimate of drug-likeness (QED) is 0.543. The number of morpholine rings is 1. The normalized spacial score (nSPS) is 20.6. The molecule has 0 aromatic heterocycles. The Balaban J connectivity index is 2.70. The molecule has 0 unspecified atom stereocenters. The van der Waals surface area contributed by atoms with E-state index in [4.69, 9.17) is 4.74 Å². The van der Waals surface area contributed by atoms with Crippen molar-refractivity contribution < 1.29 is 31.4 Å². The highest BCUT2D eigenvalue weighted by Gasteiger charge is 2.62. The lowest BCUT2D eigenvalue weighted by molar-refractivity contribution is -0.400. The van der Waals surface area contributed by atoms with Crippen LogP contribution in [0.15, 0.2) is 0 Å². The van der Waals surface area contributed by atoms with Gasteiger partial charge in [-0.25, -0.2) is 9.29 Å². The second kappa shape index (κ2) is 4.58. The molecule has 1 saturated heterocycles. The maximum atomic E-state index is 13.1. The van der Waals surface area contributed by atoms with Gasteiger partial charge in [0.15, 0.2) is 6.86 Å². The SMILES string of the molecule is FCOC(F)(F)C(F)(F)N1CCOCC1. The van der Waals surface area contributed by atoms with Gasteiger partial charge >= 0.3 is 12.2 Å². The number of hydrogen-bond acceptors (Lipinski definition) is 3. The molecular formula is C7H10F5NO2. The number of ether oxygens (including phenoxy) is 2. The Morgan fingerprint density at radius 3 is 2.13 bits per heavy atom. The molecule has 3 nitrogen and oxygen atoms in total. The molecule has 1 fully saturated rings. The molecule has 0 N–H and O–H groups in total. The molecule has 1 rings (SSSR count). The lowest BCUT2D eigenvalue weighted by Crippen LogP contribution is -2.58. The van der Waals surface area contributed by atoms with Crippen LogP contribution in [0.4, 0.5) is 22.0 Å². The van der Waals surface area contributed by atoms with Gasteiger partial charge in [-0.05, 0) is 0 Å². The molecule has 15 heavy (non-hydrogen) atoms. The Kier molecular flexibility index (Phi) is 3.85. The molecule has 0 atom stereocenters. The fourth-order valence-corrected chi connectivity index (χ4v) is 1.18. The second-order valence-corrected chi connectivity index (χ2v) is 2.91. The van der Waals surface area contributed by atoms with Crippen LogP contribution in [-0.4, -0.2) is 50.2 Å². The lowest BCUT2D eigenvalue weighted by atomic mass is 10.3. The van der Waals surface area contributed by atoms with Gasteiger partial charge in [0.1, 0.15) is 0 Å². The van der Waals surface area contributed by atoms with Crippen LogP contribution in [0.3, 0.4) is 0 Å². The van der Waals surface area contributed by atoms with Crippen molar-refractivity contribution >= 4 is 0 Å². The smallest absolute Gasteiger partial charge is 0.379 e. The Hall–Kier alpha value is -0.470. The molecule has 1 aliphatic rings. The fourth-order valence-electron chi connectivity index (χ4n) is 1.18. The Morgan fingerprint density at radius 2 is 1.67 bits per heavy atom. The van der Waals surface area contributed by atoms with Crippen LogP contribution in [0.1, 0.15) is 0 Å². The van der Waals surface area contributed by atoms with Crippen LogP contribution in [0.5, 0.6) is 0 Å². The van der Waals surface area contributed by atoms with Crippen LogP contribution >= 0.6 is 0 Å². The molecule has 0 aliphatic carbocycles. The molecule has 0 amide bonds. The third-order valence-electron chi connectivity index (χ3n) is 1.99. The molecule has 0 radical (unpaired) electrons. The van der Waals surface area contributed by atoms with Gasteiger partial charge in [-0.15, -0.1) is 0 Å². The average molecular weight is 235 g/mol. The number of hydrogen-bond donors (Lipinski definition) is 0. The monoisotopic (exact) mass is 235 g/mol. The van der Waals surface area contributed by atoms with E-state index in [1.807, 2.05) is 0 Å². The molecule has 0 spiro atoms. The summed E-state index contributed by atoms with van der Waals surface area (Å²) in [6.45, 7) is -2.80. The highest BCUT2D eigenvalue weighted by atomic mass is 19.3. The van der Waals surface area contributed by atoms with E-state index in [-0.39, 0.29) is 31.2 Å². The van der Waals surface area contributed by atoms with Crippen molar-refractivity contribution in [3.63, 3.8) is 0 Å². The van der Waals surface area contributed by atoms with E-state index in [1.165, 1.54) is 0 Å². The fraction of sp³-hybridized carbons (Fsp3) is 1.00. The lowest BCUT2D eigenvalue weighted by Gasteiger charge is -2.36. The summed E-state index contributed by atoms with van der Waals surface area (Å²) in [4.78, 5) is 0.214. The number of alkyl halides is 5. The van der Waals surface area contributed by atoms with Gasteiger partial charge in [0, 0.05) is 13.1 Å². The van der Waals surface area contributed by atoms with E-state index in [1.54, 1.807) is 0 Å². The summed E-state index contributed by atoms with van der Waals surface area (Å²) in [6, 6.07) is -4.52. The van der Waals surface area contributed by atoms with Crippen molar-refractivity contribution in [3.05, 3.63) is 0 Å². The first-order valence-electron chi connectivity index (χ1n) is 4.20. The molecule has 0 aromatic carbocycles. The highest BCUT2D eigenvalue weighted by molar-refractivity contribution is 4.79. The van der Waals surface area contributed by atoms with Crippen LogP contribution in [0.2, 0.25) is 0 Å². The van der Waals surface area contributed by atoms with E-state index in [9.17, 15) is 22.0 Å². The van der Waals surface area contributed by atoms with Crippen molar-refractivity contribution in [2.24, 2.45) is 0 Å². The number of rotatable bonds is 4. The predicted octanol–water partition coefficient (Wildman–Crippen LogP) is 1.45. The zero-order valence-electron chi connectivity index (χ0n) is 7.69. The number of halogens is 5. The van der Waals surface area contributed by atoms with Gasteiger partial charge in [-0.2, -0.15) is 17.6 Å². The van der Waals surface area contributed by atoms with Crippen LogP contribution < -0.4 is 0 Å². The van der Waals surface area contributed by atoms with E-state index in [2.05, 4.69) is 4.74 Å². The van der Waals surface area contributed by atoms with Crippen molar-refractivity contribution in [2.45, 2.75) is 12.2 Å². The predicted molar refractivity (Wildman–Crippen MR) is 39.3 cm³/mol.